The number of pyridine rings is 1. The molecule has 0 atom stereocenters. The number of rotatable bonds is 2. The lowest BCUT2D eigenvalue weighted by molar-refractivity contribution is 0.0732. The predicted octanol–water partition coefficient (Wildman–Crippen LogP) is 2.75. The Morgan fingerprint density at radius 3 is 2.45 bits per heavy atom. The highest BCUT2D eigenvalue weighted by molar-refractivity contribution is 5.91. The number of nitrogens with one attached hydrogen (secondary N) is 1. The largest absolute Gasteiger partial charge is 0.417 e. The Morgan fingerprint density at radius 1 is 0.950 bits per heavy atom. The van der Waals surface area contributed by atoms with Crippen LogP contribution in [0.25, 0.3) is 10.9 Å². The summed E-state index contributed by atoms with van der Waals surface area (Å²) in [6, 6.07) is 17.4. The van der Waals surface area contributed by atoms with Gasteiger partial charge in [0.25, 0.3) is 5.56 Å². The highest BCUT2D eigenvalue weighted by Crippen LogP contribution is 2.15. The predicted molar refractivity (Wildman–Crippen MR) is 76.0 cm³/mol. The van der Waals surface area contributed by atoms with Crippen LogP contribution in [0.15, 0.2) is 65.5 Å². The van der Waals surface area contributed by atoms with Crippen molar-refractivity contribution in [2.24, 2.45) is 0 Å². The Morgan fingerprint density at radius 2 is 1.65 bits per heavy atom. The number of hydrogen-bond acceptors (Lipinski definition) is 3. The second-order valence-corrected chi connectivity index (χ2v) is 4.31. The Bertz CT molecular complexity index is 822. The first-order valence-corrected chi connectivity index (χ1v) is 6.13. The molecule has 0 spiro atoms. The van der Waals surface area contributed by atoms with Crippen LogP contribution in [-0.4, -0.2) is 11.0 Å². The molecule has 1 heterocycles. The third-order valence-corrected chi connectivity index (χ3v) is 2.93. The first kappa shape index (κ1) is 12.2. The maximum atomic E-state index is 11.9. The number of hydrogen-bond donors (Lipinski definition) is 1. The van der Waals surface area contributed by atoms with Crippen molar-refractivity contribution >= 4 is 16.9 Å². The molecule has 0 saturated heterocycles. The van der Waals surface area contributed by atoms with Crippen LogP contribution < -0.4 is 10.3 Å². The summed E-state index contributed by atoms with van der Waals surface area (Å²) < 4.78 is 5.16. The van der Waals surface area contributed by atoms with Crippen molar-refractivity contribution in [3.05, 3.63) is 76.6 Å². The van der Waals surface area contributed by atoms with E-state index in [2.05, 4.69) is 4.98 Å². The summed E-state index contributed by atoms with van der Waals surface area (Å²) in [5, 5.41) is 0.808. The SMILES string of the molecule is O=C(Oc1cc2ccccc2[nH]c1=O)c1ccccc1. The zero-order valence-electron chi connectivity index (χ0n) is 10.5. The van der Waals surface area contributed by atoms with E-state index in [1.54, 1.807) is 42.5 Å². The first-order chi connectivity index (χ1) is 9.74. The molecule has 0 aliphatic heterocycles. The maximum absolute atomic E-state index is 11.9. The number of H-pyrrole nitrogens is 1. The molecule has 2 aromatic carbocycles. The number of carbonyl (C=O) groups is 1. The van der Waals surface area contributed by atoms with Crippen LogP contribution in [0, 0.1) is 0 Å². The van der Waals surface area contributed by atoms with Crippen molar-refractivity contribution in [1.29, 1.82) is 0 Å². The Kier molecular flexibility index (Phi) is 3.05. The molecule has 1 aromatic heterocycles. The van der Waals surface area contributed by atoms with Gasteiger partial charge < -0.3 is 9.72 Å². The molecule has 0 radical (unpaired) electrons. The average Bonchev–Trinajstić information content (AvgIpc) is 2.49. The van der Waals surface area contributed by atoms with Crippen molar-refractivity contribution in [2.75, 3.05) is 0 Å². The molecule has 0 bridgehead atoms. The highest BCUT2D eigenvalue weighted by Gasteiger charge is 2.11. The van der Waals surface area contributed by atoms with E-state index >= 15 is 0 Å². The minimum Gasteiger partial charge on any atom is -0.417 e. The third-order valence-electron chi connectivity index (χ3n) is 2.93. The summed E-state index contributed by atoms with van der Waals surface area (Å²) in [7, 11) is 0. The molecule has 0 fully saturated rings. The highest BCUT2D eigenvalue weighted by atomic mass is 16.5. The molecule has 0 amide bonds. The smallest absolute Gasteiger partial charge is 0.343 e. The molecule has 98 valence electrons. The monoisotopic (exact) mass is 265 g/mol. The first-order valence-electron chi connectivity index (χ1n) is 6.13. The van der Waals surface area contributed by atoms with Gasteiger partial charge in [-0.05, 0) is 24.3 Å². The van der Waals surface area contributed by atoms with E-state index in [0.717, 1.165) is 5.39 Å². The topological polar surface area (TPSA) is 59.2 Å². The fourth-order valence-corrected chi connectivity index (χ4v) is 1.94. The van der Waals surface area contributed by atoms with Crippen LogP contribution in [0.2, 0.25) is 0 Å². The van der Waals surface area contributed by atoms with Crippen LogP contribution in [-0.2, 0) is 0 Å². The number of aromatic nitrogens is 1. The van der Waals surface area contributed by atoms with Crippen LogP contribution in [0.5, 0.6) is 5.75 Å². The van der Waals surface area contributed by atoms with E-state index in [-0.39, 0.29) is 5.75 Å². The van der Waals surface area contributed by atoms with Gasteiger partial charge in [0.1, 0.15) is 0 Å². The van der Waals surface area contributed by atoms with Crippen molar-refractivity contribution in [3.8, 4) is 5.75 Å². The van der Waals surface area contributed by atoms with E-state index in [9.17, 15) is 9.59 Å². The lowest BCUT2D eigenvalue weighted by Gasteiger charge is -2.04. The number of ether oxygens (including phenoxy) is 1. The Balaban J connectivity index is 1.97. The van der Waals surface area contributed by atoms with E-state index < -0.39 is 11.5 Å². The fourth-order valence-electron chi connectivity index (χ4n) is 1.94. The number of aromatic amines is 1. The second-order valence-electron chi connectivity index (χ2n) is 4.31. The van der Waals surface area contributed by atoms with Crippen molar-refractivity contribution in [2.45, 2.75) is 0 Å². The molecule has 1 N–H and O–H groups in total. The van der Waals surface area contributed by atoms with Gasteiger partial charge in [-0.1, -0.05) is 36.4 Å². The molecule has 3 rings (SSSR count). The standard InChI is InChI=1S/C16H11NO3/c18-15-14(10-12-8-4-5-9-13(12)17-15)20-16(19)11-6-2-1-3-7-11/h1-10H,(H,17,18). The summed E-state index contributed by atoms with van der Waals surface area (Å²) >= 11 is 0. The molecule has 0 saturated carbocycles. The molecule has 3 aromatic rings. The van der Waals surface area contributed by atoms with Gasteiger partial charge >= 0.3 is 5.97 Å². The number of carbonyl (C=O) groups excluding carboxylic acids is 1. The minimum absolute atomic E-state index is 0.00227. The summed E-state index contributed by atoms with van der Waals surface area (Å²) in [6.45, 7) is 0. The van der Waals surface area contributed by atoms with Crippen LogP contribution in [0.1, 0.15) is 10.4 Å². The van der Waals surface area contributed by atoms with E-state index in [0.29, 0.717) is 11.1 Å². The molecule has 20 heavy (non-hydrogen) atoms. The van der Waals surface area contributed by atoms with Gasteiger partial charge in [0.15, 0.2) is 5.75 Å². The number of benzene rings is 2. The van der Waals surface area contributed by atoms with E-state index in [1.165, 1.54) is 0 Å². The fraction of sp³-hybridized carbons (Fsp3) is 0. The zero-order chi connectivity index (χ0) is 13.9. The van der Waals surface area contributed by atoms with Crippen molar-refractivity contribution in [3.63, 3.8) is 0 Å². The summed E-state index contributed by atoms with van der Waals surface area (Å²) in [4.78, 5) is 26.5. The minimum atomic E-state index is -0.550. The lowest BCUT2D eigenvalue weighted by atomic mass is 10.2. The van der Waals surface area contributed by atoms with Crippen LogP contribution >= 0.6 is 0 Å². The second kappa shape index (κ2) is 5.01. The van der Waals surface area contributed by atoms with Crippen LogP contribution in [0.3, 0.4) is 0 Å². The molecule has 4 nitrogen and oxygen atoms in total. The molecular weight excluding hydrogens is 254 g/mol. The summed E-state index contributed by atoms with van der Waals surface area (Å²) in [5.74, 6) is -0.552. The van der Waals surface area contributed by atoms with Gasteiger partial charge in [0, 0.05) is 10.9 Å². The zero-order valence-corrected chi connectivity index (χ0v) is 10.5. The van der Waals surface area contributed by atoms with Gasteiger partial charge in [0.05, 0.1) is 5.56 Å². The number of fused-ring (bicyclic) bond motifs is 1. The van der Waals surface area contributed by atoms with Gasteiger partial charge in [-0.3, -0.25) is 4.79 Å². The van der Waals surface area contributed by atoms with Gasteiger partial charge in [-0.25, -0.2) is 4.79 Å². The summed E-state index contributed by atoms with van der Waals surface area (Å²) in [5.41, 5.74) is 0.685. The molecule has 0 aliphatic carbocycles. The lowest BCUT2D eigenvalue weighted by Crippen LogP contribution is -2.16. The van der Waals surface area contributed by atoms with Gasteiger partial charge in [0.2, 0.25) is 0 Å². The Hall–Kier alpha value is -2.88. The number of esters is 1. The average molecular weight is 265 g/mol. The molecule has 0 unspecified atom stereocenters. The summed E-state index contributed by atoms with van der Waals surface area (Å²) in [6.07, 6.45) is 0. The van der Waals surface area contributed by atoms with E-state index in [4.69, 9.17) is 4.74 Å². The van der Waals surface area contributed by atoms with Crippen LogP contribution in [0.4, 0.5) is 0 Å². The van der Waals surface area contributed by atoms with Crippen molar-refractivity contribution in [1.82, 2.24) is 4.98 Å². The molecule has 0 aliphatic rings. The van der Waals surface area contributed by atoms with Crippen molar-refractivity contribution < 1.29 is 9.53 Å². The van der Waals surface area contributed by atoms with Gasteiger partial charge in [-0.15, -0.1) is 0 Å². The normalized spacial score (nSPS) is 10.4. The maximum Gasteiger partial charge on any atom is 0.343 e. The molecule has 4 heteroatoms. The number of para-hydroxylation sites is 1. The van der Waals surface area contributed by atoms with E-state index in [1.807, 2.05) is 18.2 Å². The van der Waals surface area contributed by atoms with Gasteiger partial charge in [-0.2, -0.15) is 0 Å². The Labute approximate surface area is 114 Å². The molecular formula is C16H11NO3. The quantitative estimate of drug-likeness (QED) is 0.725. The third kappa shape index (κ3) is 2.31.